The highest BCUT2D eigenvalue weighted by Crippen LogP contribution is 2.19. The van der Waals surface area contributed by atoms with E-state index in [0.717, 1.165) is 19.5 Å². The van der Waals surface area contributed by atoms with Gasteiger partial charge in [0.25, 0.3) is 5.91 Å². The maximum absolute atomic E-state index is 11.3. The number of nitrogens with zero attached hydrogens (tertiary/aromatic N) is 1. The molecule has 1 amide bonds. The molecule has 1 aliphatic heterocycles. The van der Waals surface area contributed by atoms with Gasteiger partial charge in [-0.05, 0) is 37.6 Å². The number of nitrogens with one attached hydrogen (secondary N) is 1. The molecule has 1 aromatic rings. The second kappa shape index (κ2) is 6.21. The third-order valence-electron chi connectivity index (χ3n) is 3.45. The molecule has 1 fully saturated rings. The van der Waals surface area contributed by atoms with Crippen LogP contribution in [0, 0.1) is 0 Å². The number of nitrogens with two attached hydrogens (primary N) is 1. The van der Waals surface area contributed by atoms with Crippen LogP contribution in [0.5, 0.6) is 5.75 Å². The van der Waals surface area contributed by atoms with Crippen molar-refractivity contribution in [1.29, 1.82) is 0 Å². The lowest BCUT2D eigenvalue weighted by Gasteiger charge is -2.18. The summed E-state index contributed by atoms with van der Waals surface area (Å²) < 4.78 is 5.62. The molecule has 110 valence electrons. The van der Waals surface area contributed by atoms with Crippen molar-refractivity contribution in [3.8, 4) is 5.75 Å². The van der Waals surface area contributed by atoms with Crippen LogP contribution in [0.3, 0.4) is 0 Å². The zero-order valence-electron chi connectivity index (χ0n) is 11.6. The summed E-state index contributed by atoms with van der Waals surface area (Å²) in [6.45, 7) is 4.77. The fraction of sp³-hybridized carbons (Fsp3) is 0.500. The van der Waals surface area contributed by atoms with Crippen LogP contribution in [-0.4, -0.2) is 47.8 Å². The van der Waals surface area contributed by atoms with Crippen molar-refractivity contribution in [3.05, 3.63) is 29.8 Å². The molecule has 1 saturated heterocycles. The Bertz CT molecular complexity index is 459. The number of benzene rings is 1. The van der Waals surface area contributed by atoms with Crippen LogP contribution < -0.4 is 16.0 Å². The number of rotatable bonds is 5. The molecule has 0 bridgehead atoms. The molecule has 0 aromatic heterocycles. The Balaban J connectivity index is 1.76. The van der Waals surface area contributed by atoms with Crippen molar-refractivity contribution >= 4 is 5.91 Å². The van der Waals surface area contributed by atoms with E-state index < -0.39 is 5.60 Å². The van der Waals surface area contributed by atoms with Crippen LogP contribution in [0.4, 0.5) is 0 Å². The van der Waals surface area contributed by atoms with E-state index in [1.54, 1.807) is 24.3 Å². The van der Waals surface area contributed by atoms with Crippen molar-refractivity contribution in [2.24, 2.45) is 5.84 Å². The molecule has 6 nitrogen and oxygen atoms in total. The monoisotopic (exact) mass is 279 g/mol. The minimum absolute atomic E-state index is 0.323. The Morgan fingerprint density at radius 2 is 2.20 bits per heavy atom. The number of β-amino-alcohol motifs (C(OH)–C–C–N with tert-alkyl or cyclic N) is 1. The van der Waals surface area contributed by atoms with Gasteiger partial charge in [0.1, 0.15) is 12.4 Å². The molecular weight excluding hydrogens is 258 g/mol. The summed E-state index contributed by atoms with van der Waals surface area (Å²) in [4.78, 5) is 13.4. The van der Waals surface area contributed by atoms with Gasteiger partial charge < -0.3 is 9.84 Å². The largest absolute Gasteiger partial charge is 0.492 e. The second-order valence-corrected chi connectivity index (χ2v) is 5.37. The number of nitrogen functional groups attached to an aromatic ring is 1. The third kappa shape index (κ3) is 3.93. The fourth-order valence-corrected chi connectivity index (χ4v) is 2.31. The number of hydrogen-bond donors (Lipinski definition) is 3. The van der Waals surface area contributed by atoms with Gasteiger partial charge in [0.05, 0.1) is 5.60 Å². The molecule has 1 heterocycles. The van der Waals surface area contributed by atoms with E-state index in [9.17, 15) is 9.90 Å². The van der Waals surface area contributed by atoms with Gasteiger partial charge >= 0.3 is 0 Å². The van der Waals surface area contributed by atoms with Gasteiger partial charge in [-0.3, -0.25) is 15.1 Å². The van der Waals surface area contributed by atoms with Crippen molar-refractivity contribution in [2.45, 2.75) is 18.9 Å². The van der Waals surface area contributed by atoms with Crippen LogP contribution in [0.15, 0.2) is 24.3 Å². The summed E-state index contributed by atoms with van der Waals surface area (Å²) in [5.41, 5.74) is 2.00. The quantitative estimate of drug-likeness (QED) is 0.405. The van der Waals surface area contributed by atoms with E-state index in [2.05, 4.69) is 10.3 Å². The zero-order chi connectivity index (χ0) is 14.6. The van der Waals surface area contributed by atoms with Crippen molar-refractivity contribution < 1.29 is 14.6 Å². The molecule has 2 rings (SSSR count). The Hall–Kier alpha value is -1.63. The molecule has 4 N–H and O–H groups in total. The van der Waals surface area contributed by atoms with Gasteiger partial charge in [0.15, 0.2) is 0 Å². The van der Waals surface area contributed by atoms with Gasteiger partial charge in [-0.15, -0.1) is 0 Å². The number of carbonyl (C=O) groups excluding carboxylic acids is 1. The van der Waals surface area contributed by atoms with Crippen molar-refractivity contribution in [1.82, 2.24) is 10.3 Å². The average molecular weight is 279 g/mol. The lowest BCUT2D eigenvalue weighted by atomic mass is 10.1. The second-order valence-electron chi connectivity index (χ2n) is 5.37. The van der Waals surface area contributed by atoms with E-state index >= 15 is 0 Å². The van der Waals surface area contributed by atoms with Gasteiger partial charge in [0, 0.05) is 25.2 Å². The molecule has 6 heteroatoms. The first kappa shape index (κ1) is 14.8. The molecule has 1 atom stereocenters. The highest BCUT2D eigenvalue weighted by molar-refractivity contribution is 5.93. The molecule has 0 spiro atoms. The molecule has 1 aliphatic rings. The number of ether oxygens (including phenoxy) is 1. The number of carbonyl (C=O) groups is 1. The summed E-state index contributed by atoms with van der Waals surface area (Å²) >= 11 is 0. The first-order valence-electron chi connectivity index (χ1n) is 6.69. The Kier molecular flexibility index (Phi) is 4.59. The van der Waals surface area contributed by atoms with Gasteiger partial charge in [-0.2, -0.15) is 0 Å². The molecular formula is C14H21N3O3. The summed E-state index contributed by atoms with van der Waals surface area (Å²) in [6, 6.07) is 6.81. The van der Waals surface area contributed by atoms with Crippen molar-refractivity contribution in [3.63, 3.8) is 0 Å². The standard InChI is InChI=1S/C14H21N3O3/c1-14(19)6-7-17(10-14)8-9-20-12-4-2-11(3-5-12)13(18)16-15/h2-5,19H,6-10,15H2,1H3,(H,16,18). The summed E-state index contributed by atoms with van der Waals surface area (Å²) in [7, 11) is 0. The minimum Gasteiger partial charge on any atom is -0.492 e. The minimum atomic E-state index is -0.572. The van der Waals surface area contributed by atoms with E-state index in [1.165, 1.54) is 0 Å². The topological polar surface area (TPSA) is 87.8 Å². The molecule has 1 unspecified atom stereocenters. The normalized spacial score (nSPS) is 22.8. The van der Waals surface area contributed by atoms with Crippen LogP contribution in [0.2, 0.25) is 0 Å². The van der Waals surface area contributed by atoms with Crippen molar-refractivity contribution in [2.75, 3.05) is 26.2 Å². The molecule has 0 saturated carbocycles. The number of hydrazine groups is 1. The predicted molar refractivity (Wildman–Crippen MR) is 75.3 cm³/mol. The van der Waals surface area contributed by atoms with Gasteiger partial charge in [0.2, 0.25) is 0 Å². The highest BCUT2D eigenvalue weighted by atomic mass is 16.5. The summed E-state index contributed by atoms with van der Waals surface area (Å²) in [5.74, 6) is 5.45. The van der Waals surface area contributed by atoms with Crippen LogP contribution in [-0.2, 0) is 0 Å². The first-order chi connectivity index (χ1) is 9.50. The van der Waals surface area contributed by atoms with Crippen LogP contribution >= 0.6 is 0 Å². The average Bonchev–Trinajstić information content (AvgIpc) is 2.78. The smallest absolute Gasteiger partial charge is 0.265 e. The SMILES string of the molecule is CC1(O)CCN(CCOc2ccc(C(=O)NN)cc2)C1. The molecule has 0 aliphatic carbocycles. The Morgan fingerprint density at radius 3 is 2.75 bits per heavy atom. The first-order valence-corrected chi connectivity index (χ1v) is 6.69. The zero-order valence-corrected chi connectivity index (χ0v) is 11.6. The lowest BCUT2D eigenvalue weighted by molar-refractivity contribution is 0.0670. The van der Waals surface area contributed by atoms with Crippen LogP contribution in [0.25, 0.3) is 0 Å². The van der Waals surface area contributed by atoms with E-state index in [0.29, 0.717) is 24.5 Å². The summed E-state index contributed by atoms with van der Waals surface area (Å²) in [5, 5.41) is 9.86. The van der Waals surface area contributed by atoms with Gasteiger partial charge in [-0.1, -0.05) is 0 Å². The highest BCUT2D eigenvalue weighted by Gasteiger charge is 2.30. The molecule has 1 aromatic carbocycles. The molecule has 0 radical (unpaired) electrons. The Labute approximate surface area is 118 Å². The van der Waals surface area contributed by atoms with E-state index in [-0.39, 0.29) is 5.91 Å². The summed E-state index contributed by atoms with van der Waals surface area (Å²) in [6.07, 6.45) is 0.801. The number of aliphatic hydroxyl groups is 1. The predicted octanol–water partition coefficient (Wildman–Crippen LogP) is 0.126. The third-order valence-corrected chi connectivity index (χ3v) is 3.45. The van der Waals surface area contributed by atoms with E-state index in [4.69, 9.17) is 10.6 Å². The van der Waals surface area contributed by atoms with Crippen LogP contribution in [0.1, 0.15) is 23.7 Å². The maximum atomic E-state index is 11.3. The Morgan fingerprint density at radius 1 is 1.50 bits per heavy atom. The molecule has 20 heavy (non-hydrogen) atoms. The van der Waals surface area contributed by atoms with E-state index in [1.807, 2.05) is 6.92 Å². The van der Waals surface area contributed by atoms with Gasteiger partial charge in [-0.25, -0.2) is 5.84 Å². The maximum Gasteiger partial charge on any atom is 0.265 e. The number of likely N-dealkylation sites (tertiary alicyclic amines) is 1. The lowest BCUT2D eigenvalue weighted by Crippen LogP contribution is -2.32. The number of hydrogen-bond acceptors (Lipinski definition) is 5. The number of amides is 1. The fourth-order valence-electron chi connectivity index (χ4n) is 2.31.